The Morgan fingerprint density at radius 1 is 1.09 bits per heavy atom. The molecule has 0 spiro atoms. The second kappa shape index (κ2) is 8.92. The SMILES string of the molecule is NC(=O)NCCCCCC(=O)N1CCN(c2ncccn2)CC1. The highest BCUT2D eigenvalue weighted by molar-refractivity contribution is 5.76. The molecule has 3 N–H and O–H groups in total. The van der Waals surface area contributed by atoms with Crippen molar-refractivity contribution < 1.29 is 9.59 Å². The molecule has 0 aromatic carbocycles. The largest absolute Gasteiger partial charge is 0.352 e. The molecule has 1 aliphatic heterocycles. The van der Waals surface area contributed by atoms with Crippen molar-refractivity contribution in [3.8, 4) is 0 Å². The Balaban J connectivity index is 1.61. The zero-order valence-corrected chi connectivity index (χ0v) is 13.3. The number of urea groups is 1. The summed E-state index contributed by atoms with van der Waals surface area (Å²) in [7, 11) is 0. The Morgan fingerprint density at radius 3 is 2.43 bits per heavy atom. The average molecular weight is 320 g/mol. The normalized spacial score (nSPS) is 14.6. The number of amides is 3. The van der Waals surface area contributed by atoms with Crippen LogP contribution in [0.15, 0.2) is 18.5 Å². The fraction of sp³-hybridized carbons (Fsp3) is 0.600. The summed E-state index contributed by atoms with van der Waals surface area (Å²) in [4.78, 5) is 35.2. The molecule has 0 saturated carbocycles. The predicted octanol–water partition coefficient (Wildman–Crippen LogP) is 0.354. The van der Waals surface area contributed by atoms with E-state index < -0.39 is 6.03 Å². The minimum absolute atomic E-state index is 0.196. The Hall–Kier alpha value is -2.38. The minimum atomic E-state index is -0.499. The number of piperazine rings is 1. The molecule has 1 saturated heterocycles. The number of anilines is 1. The number of nitrogens with one attached hydrogen (secondary N) is 1. The Bertz CT molecular complexity index is 502. The monoisotopic (exact) mass is 320 g/mol. The van der Waals surface area contributed by atoms with Crippen LogP contribution in [-0.2, 0) is 4.79 Å². The molecule has 0 unspecified atom stereocenters. The van der Waals surface area contributed by atoms with Gasteiger partial charge in [0, 0.05) is 51.5 Å². The number of hydrogen-bond donors (Lipinski definition) is 2. The molecule has 1 aromatic rings. The van der Waals surface area contributed by atoms with Crippen LogP contribution in [0.3, 0.4) is 0 Å². The lowest BCUT2D eigenvalue weighted by molar-refractivity contribution is -0.131. The van der Waals surface area contributed by atoms with Gasteiger partial charge in [0.05, 0.1) is 0 Å². The third-order valence-electron chi connectivity index (χ3n) is 3.83. The van der Waals surface area contributed by atoms with Crippen LogP contribution in [0, 0.1) is 0 Å². The number of primary amides is 1. The van der Waals surface area contributed by atoms with Gasteiger partial charge in [0.2, 0.25) is 11.9 Å². The molecule has 1 aliphatic rings. The molecule has 3 amide bonds. The van der Waals surface area contributed by atoms with Gasteiger partial charge < -0.3 is 20.9 Å². The first kappa shape index (κ1) is 17.0. The molecule has 2 heterocycles. The van der Waals surface area contributed by atoms with Crippen LogP contribution >= 0.6 is 0 Å². The van der Waals surface area contributed by atoms with E-state index >= 15 is 0 Å². The Kier molecular flexibility index (Phi) is 6.58. The lowest BCUT2D eigenvalue weighted by Gasteiger charge is -2.34. The van der Waals surface area contributed by atoms with E-state index in [1.807, 2.05) is 4.90 Å². The van der Waals surface area contributed by atoms with Crippen molar-refractivity contribution in [2.45, 2.75) is 25.7 Å². The van der Waals surface area contributed by atoms with E-state index in [4.69, 9.17) is 5.73 Å². The molecule has 0 bridgehead atoms. The fourth-order valence-corrected chi connectivity index (χ4v) is 2.56. The number of aromatic nitrogens is 2. The molecule has 126 valence electrons. The summed E-state index contributed by atoms with van der Waals surface area (Å²) in [5.41, 5.74) is 4.98. The zero-order chi connectivity index (χ0) is 16.5. The average Bonchev–Trinajstić information content (AvgIpc) is 2.58. The Morgan fingerprint density at radius 2 is 1.78 bits per heavy atom. The molecular weight excluding hydrogens is 296 g/mol. The maximum absolute atomic E-state index is 12.2. The zero-order valence-electron chi connectivity index (χ0n) is 13.3. The van der Waals surface area contributed by atoms with Crippen LogP contribution in [0.5, 0.6) is 0 Å². The van der Waals surface area contributed by atoms with Gasteiger partial charge in [0.1, 0.15) is 0 Å². The van der Waals surface area contributed by atoms with Gasteiger partial charge in [-0.3, -0.25) is 4.79 Å². The third-order valence-corrected chi connectivity index (χ3v) is 3.83. The fourth-order valence-electron chi connectivity index (χ4n) is 2.56. The van der Waals surface area contributed by atoms with Gasteiger partial charge in [-0.05, 0) is 18.9 Å². The highest BCUT2D eigenvalue weighted by atomic mass is 16.2. The maximum atomic E-state index is 12.2. The standard InChI is InChI=1S/C15H24N6O2/c16-14(23)17-6-3-1-2-5-13(22)20-9-11-21(12-10-20)15-18-7-4-8-19-15/h4,7-8H,1-3,5-6,9-12H2,(H3,16,17,23). The molecule has 1 fully saturated rings. The van der Waals surface area contributed by atoms with E-state index in [2.05, 4.69) is 20.2 Å². The summed E-state index contributed by atoms with van der Waals surface area (Å²) in [5.74, 6) is 0.919. The smallest absolute Gasteiger partial charge is 0.312 e. The summed E-state index contributed by atoms with van der Waals surface area (Å²) in [6.45, 7) is 3.51. The number of hydrogen-bond acceptors (Lipinski definition) is 5. The van der Waals surface area contributed by atoms with Crippen LogP contribution in [0.1, 0.15) is 25.7 Å². The molecule has 0 radical (unpaired) electrons. The van der Waals surface area contributed by atoms with E-state index in [-0.39, 0.29) is 5.91 Å². The van der Waals surface area contributed by atoms with Crippen molar-refractivity contribution in [1.82, 2.24) is 20.2 Å². The first-order chi connectivity index (χ1) is 11.2. The van der Waals surface area contributed by atoms with Crippen LogP contribution in [0.25, 0.3) is 0 Å². The summed E-state index contributed by atoms with van der Waals surface area (Å²) >= 11 is 0. The first-order valence-electron chi connectivity index (χ1n) is 8.00. The summed E-state index contributed by atoms with van der Waals surface area (Å²) < 4.78 is 0. The highest BCUT2D eigenvalue weighted by Crippen LogP contribution is 2.11. The highest BCUT2D eigenvalue weighted by Gasteiger charge is 2.21. The maximum Gasteiger partial charge on any atom is 0.312 e. The van der Waals surface area contributed by atoms with Gasteiger partial charge in [-0.25, -0.2) is 14.8 Å². The quantitative estimate of drug-likeness (QED) is 0.706. The number of carbonyl (C=O) groups is 2. The van der Waals surface area contributed by atoms with E-state index in [0.29, 0.717) is 26.1 Å². The molecule has 1 aromatic heterocycles. The molecule has 0 aliphatic carbocycles. The third kappa shape index (κ3) is 5.72. The van der Waals surface area contributed by atoms with Gasteiger partial charge in [-0.15, -0.1) is 0 Å². The molecule has 8 nitrogen and oxygen atoms in total. The topological polar surface area (TPSA) is 104 Å². The van der Waals surface area contributed by atoms with Crippen molar-refractivity contribution in [3.63, 3.8) is 0 Å². The van der Waals surface area contributed by atoms with Crippen molar-refractivity contribution in [2.75, 3.05) is 37.6 Å². The summed E-state index contributed by atoms with van der Waals surface area (Å²) in [6.07, 6.45) is 6.60. The van der Waals surface area contributed by atoms with Crippen molar-refractivity contribution >= 4 is 17.9 Å². The van der Waals surface area contributed by atoms with Gasteiger partial charge in [-0.2, -0.15) is 0 Å². The first-order valence-corrected chi connectivity index (χ1v) is 8.00. The number of unbranched alkanes of at least 4 members (excludes halogenated alkanes) is 2. The molecule has 0 atom stereocenters. The second-order valence-electron chi connectivity index (χ2n) is 5.52. The van der Waals surface area contributed by atoms with Crippen LogP contribution in [-0.4, -0.2) is 59.5 Å². The number of nitrogens with two attached hydrogens (primary N) is 1. The van der Waals surface area contributed by atoms with Crippen LogP contribution in [0.4, 0.5) is 10.7 Å². The van der Waals surface area contributed by atoms with E-state index in [1.54, 1.807) is 18.5 Å². The number of rotatable bonds is 7. The molecule has 2 rings (SSSR count). The molecule has 23 heavy (non-hydrogen) atoms. The summed E-state index contributed by atoms with van der Waals surface area (Å²) in [5, 5.41) is 2.54. The molecular formula is C15H24N6O2. The van der Waals surface area contributed by atoms with Crippen molar-refractivity contribution in [3.05, 3.63) is 18.5 Å². The lowest BCUT2D eigenvalue weighted by Crippen LogP contribution is -2.49. The van der Waals surface area contributed by atoms with E-state index in [1.165, 1.54) is 0 Å². The van der Waals surface area contributed by atoms with Crippen LogP contribution in [0.2, 0.25) is 0 Å². The van der Waals surface area contributed by atoms with Crippen molar-refractivity contribution in [2.24, 2.45) is 5.73 Å². The lowest BCUT2D eigenvalue weighted by atomic mass is 10.1. The van der Waals surface area contributed by atoms with E-state index in [0.717, 1.165) is 38.3 Å². The van der Waals surface area contributed by atoms with Crippen LogP contribution < -0.4 is 16.0 Å². The van der Waals surface area contributed by atoms with Gasteiger partial charge in [0.15, 0.2) is 0 Å². The van der Waals surface area contributed by atoms with Gasteiger partial charge >= 0.3 is 6.03 Å². The van der Waals surface area contributed by atoms with Gasteiger partial charge in [0.25, 0.3) is 0 Å². The number of nitrogens with zero attached hydrogens (tertiary/aromatic N) is 4. The Labute approximate surface area is 136 Å². The summed E-state index contributed by atoms with van der Waals surface area (Å²) in [6, 6.07) is 1.30. The number of carbonyl (C=O) groups excluding carboxylic acids is 2. The van der Waals surface area contributed by atoms with Gasteiger partial charge in [-0.1, -0.05) is 6.42 Å². The predicted molar refractivity (Wildman–Crippen MR) is 86.9 cm³/mol. The molecule has 8 heteroatoms. The van der Waals surface area contributed by atoms with E-state index in [9.17, 15) is 9.59 Å². The minimum Gasteiger partial charge on any atom is -0.352 e. The van der Waals surface area contributed by atoms with Crippen molar-refractivity contribution in [1.29, 1.82) is 0 Å². The second-order valence-corrected chi connectivity index (χ2v) is 5.52.